The van der Waals surface area contributed by atoms with E-state index in [0.29, 0.717) is 5.41 Å². The predicted molar refractivity (Wildman–Crippen MR) is 89.3 cm³/mol. The Morgan fingerprint density at radius 1 is 1.15 bits per heavy atom. The maximum Gasteiger partial charge on any atom is 0.0337 e. The minimum absolute atomic E-state index is 0.480. The molecule has 2 aliphatic rings. The average molecular weight is 289 g/mol. The molecule has 0 unspecified atom stereocenters. The molecule has 0 amide bonds. The van der Waals surface area contributed by atoms with E-state index in [0.717, 1.165) is 6.54 Å². The van der Waals surface area contributed by atoms with Gasteiger partial charge in [-0.3, -0.25) is 0 Å². The van der Waals surface area contributed by atoms with Crippen LogP contribution in [0.1, 0.15) is 66.8 Å². The quantitative estimate of drug-likeness (QED) is 0.827. The molecule has 0 saturated carbocycles. The van der Waals surface area contributed by atoms with Gasteiger partial charge in [0.15, 0.2) is 0 Å². The van der Waals surface area contributed by atoms with E-state index in [9.17, 15) is 0 Å². The fraction of sp³-hybridized carbons (Fsp3) is 0.667. The Hall–Kier alpha value is -0.600. The number of nitrogens with two attached hydrogens (primary N) is 1. The molecule has 0 saturated heterocycles. The Kier molecular flexibility index (Phi) is 3.81. The molecule has 1 nitrogen and oxygen atoms in total. The van der Waals surface area contributed by atoms with Gasteiger partial charge in [0.25, 0.3) is 0 Å². The van der Waals surface area contributed by atoms with Gasteiger partial charge < -0.3 is 5.73 Å². The molecule has 2 aliphatic carbocycles. The van der Waals surface area contributed by atoms with Crippen LogP contribution in [-0.4, -0.2) is 6.54 Å². The lowest BCUT2D eigenvalue weighted by Crippen LogP contribution is -2.21. The smallest absolute Gasteiger partial charge is 0.0337 e. The van der Waals surface area contributed by atoms with Crippen molar-refractivity contribution in [3.05, 3.63) is 26.5 Å². The van der Waals surface area contributed by atoms with E-state index in [1.165, 1.54) is 50.5 Å². The zero-order valence-electron chi connectivity index (χ0n) is 13.1. The maximum atomic E-state index is 5.99. The van der Waals surface area contributed by atoms with E-state index in [2.05, 4.69) is 32.1 Å². The highest BCUT2D eigenvalue weighted by molar-refractivity contribution is 7.13. The van der Waals surface area contributed by atoms with Crippen molar-refractivity contribution in [3.8, 4) is 0 Å². The van der Waals surface area contributed by atoms with E-state index < -0.39 is 0 Å². The summed E-state index contributed by atoms with van der Waals surface area (Å²) in [7, 11) is 0. The number of fused-ring (bicyclic) bond motifs is 1. The van der Waals surface area contributed by atoms with Crippen LogP contribution in [0.5, 0.6) is 0 Å². The standard InChI is InChI=1S/C18H27NS/c1-12-15-10-18(2,3)9-8-16(15)20-17(12)14-7-5-4-6-13(14)11-19/h4-11,19H2,1-3H3. The van der Waals surface area contributed by atoms with Crippen LogP contribution in [0.25, 0.3) is 5.57 Å². The second-order valence-electron chi connectivity index (χ2n) is 7.29. The van der Waals surface area contributed by atoms with Gasteiger partial charge in [0.2, 0.25) is 0 Å². The van der Waals surface area contributed by atoms with Crippen molar-refractivity contribution in [2.75, 3.05) is 6.54 Å². The summed E-state index contributed by atoms with van der Waals surface area (Å²) in [6.07, 6.45) is 9.01. The summed E-state index contributed by atoms with van der Waals surface area (Å²) in [6.45, 7) is 7.93. The molecular weight excluding hydrogens is 262 g/mol. The first kappa shape index (κ1) is 14.3. The molecule has 0 atom stereocenters. The van der Waals surface area contributed by atoms with Crippen molar-refractivity contribution in [1.82, 2.24) is 0 Å². The molecule has 0 aliphatic heterocycles. The molecule has 1 aromatic heterocycles. The predicted octanol–water partition coefficient (Wildman–Crippen LogP) is 4.86. The molecule has 0 spiro atoms. The van der Waals surface area contributed by atoms with Gasteiger partial charge in [0.05, 0.1) is 0 Å². The molecule has 3 rings (SSSR count). The lowest BCUT2D eigenvalue weighted by molar-refractivity contribution is 0.317. The molecule has 110 valence electrons. The summed E-state index contributed by atoms with van der Waals surface area (Å²) < 4.78 is 0. The van der Waals surface area contributed by atoms with Crippen LogP contribution in [0.4, 0.5) is 0 Å². The zero-order valence-corrected chi connectivity index (χ0v) is 14.0. The second kappa shape index (κ2) is 5.31. The van der Waals surface area contributed by atoms with Gasteiger partial charge in [-0.15, -0.1) is 11.3 Å². The molecule has 1 heterocycles. The van der Waals surface area contributed by atoms with Crippen molar-refractivity contribution >= 4 is 16.9 Å². The topological polar surface area (TPSA) is 26.0 Å². The lowest BCUT2D eigenvalue weighted by atomic mass is 9.76. The molecule has 20 heavy (non-hydrogen) atoms. The SMILES string of the molecule is Cc1c(C2=C(CN)CCCC2)sc2c1CC(C)(C)CC2. The van der Waals surface area contributed by atoms with E-state index >= 15 is 0 Å². The lowest BCUT2D eigenvalue weighted by Gasteiger charge is -2.29. The highest BCUT2D eigenvalue weighted by atomic mass is 32.1. The first-order valence-corrected chi connectivity index (χ1v) is 8.86. The average Bonchev–Trinajstić information content (AvgIpc) is 2.75. The third-order valence-corrected chi connectivity index (χ3v) is 6.60. The van der Waals surface area contributed by atoms with Gasteiger partial charge in [-0.25, -0.2) is 0 Å². The Morgan fingerprint density at radius 3 is 2.65 bits per heavy atom. The molecule has 0 fully saturated rings. The summed E-state index contributed by atoms with van der Waals surface area (Å²) in [5, 5.41) is 0. The molecule has 2 N–H and O–H groups in total. The van der Waals surface area contributed by atoms with Crippen molar-refractivity contribution in [1.29, 1.82) is 0 Å². The van der Waals surface area contributed by atoms with Crippen molar-refractivity contribution in [2.45, 2.75) is 65.7 Å². The van der Waals surface area contributed by atoms with Crippen LogP contribution < -0.4 is 5.73 Å². The third-order valence-electron chi connectivity index (χ3n) is 5.14. The number of thiophene rings is 1. The van der Waals surface area contributed by atoms with E-state index in [1.807, 2.05) is 0 Å². The summed E-state index contributed by atoms with van der Waals surface area (Å²) in [6, 6.07) is 0. The van der Waals surface area contributed by atoms with Gasteiger partial charge in [-0.05, 0) is 74.0 Å². The van der Waals surface area contributed by atoms with Crippen molar-refractivity contribution < 1.29 is 0 Å². The third kappa shape index (κ3) is 2.48. The molecule has 0 radical (unpaired) electrons. The monoisotopic (exact) mass is 289 g/mol. The fourth-order valence-electron chi connectivity index (χ4n) is 3.81. The van der Waals surface area contributed by atoms with Crippen LogP contribution in [0.2, 0.25) is 0 Å². The summed E-state index contributed by atoms with van der Waals surface area (Å²) >= 11 is 2.07. The number of hydrogen-bond donors (Lipinski definition) is 1. The molecule has 1 aromatic rings. The van der Waals surface area contributed by atoms with Crippen molar-refractivity contribution in [2.24, 2.45) is 11.1 Å². The van der Waals surface area contributed by atoms with Gasteiger partial charge >= 0.3 is 0 Å². The van der Waals surface area contributed by atoms with Crippen LogP contribution in [0, 0.1) is 12.3 Å². The van der Waals surface area contributed by atoms with Crippen LogP contribution in [0.15, 0.2) is 5.57 Å². The Balaban J connectivity index is 2.04. The first-order valence-electron chi connectivity index (χ1n) is 8.04. The van der Waals surface area contributed by atoms with Crippen molar-refractivity contribution in [3.63, 3.8) is 0 Å². The van der Waals surface area contributed by atoms with E-state index in [1.54, 1.807) is 26.5 Å². The normalized spacial score (nSPS) is 22.0. The highest BCUT2D eigenvalue weighted by Gasteiger charge is 2.30. The van der Waals surface area contributed by atoms with Gasteiger partial charge in [0, 0.05) is 16.3 Å². The molecule has 0 aromatic carbocycles. The van der Waals surface area contributed by atoms with Gasteiger partial charge in [-0.2, -0.15) is 0 Å². The number of rotatable bonds is 2. The second-order valence-corrected chi connectivity index (χ2v) is 8.40. The van der Waals surface area contributed by atoms with Crippen LogP contribution >= 0.6 is 11.3 Å². The number of allylic oxidation sites excluding steroid dienone is 1. The molecule has 0 bridgehead atoms. The number of aryl methyl sites for hydroxylation is 1. The summed E-state index contributed by atoms with van der Waals surface area (Å²) in [5.41, 5.74) is 12.8. The Labute approximate surface area is 127 Å². The minimum atomic E-state index is 0.480. The Morgan fingerprint density at radius 2 is 1.90 bits per heavy atom. The summed E-state index contributed by atoms with van der Waals surface area (Å²) in [4.78, 5) is 3.24. The van der Waals surface area contributed by atoms with E-state index in [-0.39, 0.29) is 0 Å². The number of hydrogen-bond acceptors (Lipinski definition) is 2. The van der Waals surface area contributed by atoms with Crippen LogP contribution in [-0.2, 0) is 12.8 Å². The summed E-state index contributed by atoms with van der Waals surface area (Å²) in [5.74, 6) is 0. The molecule has 2 heteroatoms. The first-order chi connectivity index (χ1) is 9.52. The highest BCUT2D eigenvalue weighted by Crippen LogP contribution is 2.45. The molecular formula is C18H27NS. The van der Waals surface area contributed by atoms with E-state index in [4.69, 9.17) is 5.73 Å². The zero-order chi connectivity index (χ0) is 14.3. The maximum absolute atomic E-state index is 5.99. The van der Waals surface area contributed by atoms with Gasteiger partial charge in [-0.1, -0.05) is 19.4 Å². The largest absolute Gasteiger partial charge is 0.327 e. The fourth-order valence-corrected chi connectivity index (χ4v) is 5.26. The van der Waals surface area contributed by atoms with Crippen LogP contribution in [0.3, 0.4) is 0 Å². The Bertz CT molecular complexity index is 548. The minimum Gasteiger partial charge on any atom is -0.327 e. The van der Waals surface area contributed by atoms with Gasteiger partial charge in [0.1, 0.15) is 0 Å².